The minimum absolute atomic E-state index is 0.0672. The van der Waals surface area contributed by atoms with E-state index in [1.54, 1.807) is 12.1 Å². The Morgan fingerprint density at radius 1 is 1.27 bits per heavy atom. The van der Waals surface area contributed by atoms with E-state index in [9.17, 15) is 13.6 Å². The number of oxime groups is 1. The Morgan fingerprint density at radius 3 is 2.45 bits per heavy atom. The quantitative estimate of drug-likeness (QED) is 0.563. The lowest BCUT2D eigenvalue weighted by atomic mass is 10.2. The van der Waals surface area contributed by atoms with E-state index in [-0.39, 0.29) is 24.3 Å². The average Bonchev–Trinajstić information content (AvgIpc) is 2.50. The van der Waals surface area contributed by atoms with Crippen LogP contribution in [0.15, 0.2) is 29.4 Å². The SMILES string of the molecule is CCC(CC)NC(=O)CON=Cc1ccc(OC(F)F)cc1. The molecule has 122 valence electrons. The van der Waals surface area contributed by atoms with Gasteiger partial charge in [-0.2, -0.15) is 8.78 Å². The predicted molar refractivity (Wildman–Crippen MR) is 79.1 cm³/mol. The first kappa shape index (κ1) is 17.9. The normalized spacial score (nSPS) is 11.2. The molecule has 1 aromatic carbocycles. The van der Waals surface area contributed by atoms with Crippen molar-refractivity contribution in [2.75, 3.05) is 6.61 Å². The molecule has 0 heterocycles. The highest BCUT2D eigenvalue weighted by molar-refractivity contribution is 5.80. The maximum atomic E-state index is 12.0. The van der Waals surface area contributed by atoms with E-state index in [0.29, 0.717) is 5.56 Å². The molecule has 0 saturated carbocycles. The molecule has 1 rings (SSSR count). The van der Waals surface area contributed by atoms with Gasteiger partial charge in [-0.05, 0) is 42.7 Å². The Labute approximate surface area is 128 Å². The molecular weight excluding hydrogens is 294 g/mol. The van der Waals surface area contributed by atoms with Gasteiger partial charge in [-0.3, -0.25) is 4.79 Å². The molecule has 0 aliphatic carbocycles. The summed E-state index contributed by atoms with van der Waals surface area (Å²) in [6, 6.07) is 6.03. The van der Waals surface area contributed by atoms with Gasteiger partial charge < -0.3 is 14.9 Å². The van der Waals surface area contributed by atoms with E-state index in [2.05, 4.69) is 15.2 Å². The second-order valence-electron chi connectivity index (χ2n) is 4.54. The molecule has 0 unspecified atom stereocenters. The summed E-state index contributed by atoms with van der Waals surface area (Å²) in [5, 5.41) is 6.47. The molecule has 0 bridgehead atoms. The van der Waals surface area contributed by atoms with Crippen molar-refractivity contribution in [2.45, 2.75) is 39.3 Å². The molecule has 0 aliphatic rings. The zero-order chi connectivity index (χ0) is 16.4. The van der Waals surface area contributed by atoms with Gasteiger partial charge in [0.2, 0.25) is 0 Å². The average molecular weight is 314 g/mol. The van der Waals surface area contributed by atoms with Gasteiger partial charge in [0.15, 0.2) is 6.61 Å². The van der Waals surface area contributed by atoms with Gasteiger partial charge in [-0.1, -0.05) is 19.0 Å². The molecule has 0 aliphatic heterocycles. The fraction of sp³-hybridized carbons (Fsp3) is 0.467. The van der Waals surface area contributed by atoms with Crippen LogP contribution >= 0.6 is 0 Å². The van der Waals surface area contributed by atoms with Crippen molar-refractivity contribution in [1.29, 1.82) is 0 Å². The number of alkyl halides is 2. The van der Waals surface area contributed by atoms with Crippen molar-refractivity contribution in [3.63, 3.8) is 0 Å². The van der Waals surface area contributed by atoms with Gasteiger partial charge in [0.1, 0.15) is 5.75 Å². The zero-order valence-corrected chi connectivity index (χ0v) is 12.6. The van der Waals surface area contributed by atoms with Crippen molar-refractivity contribution in [3.8, 4) is 5.75 Å². The largest absolute Gasteiger partial charge is 0.435 e. The highest BCUT2D eigenvalue weighted by atomic mass is 19.3. The Bertz CT molecular complexity index is 474. The first-order chi connectivity index (χ1) is 10.5. The Morgan fingerprint density at radius 2 is 1.91 bits per heavy atom. The van der Waals surface area contributed by atoms with Crippen LogP contribution in [0.4, 0.5) is 8.78 Å². The van der Waals surface area contributed by atoms with E-state index < -0.39 is 6.61 Å². The van der Waals surface area contributed by atoms with Crippen LogP contribution in [0, 0.1) is 0 Å². The van der Waals surface area contributed by atoms with E-state index in [0.717, 1.165) is 12.8 Å². The fourth-order valence-electron chi connectivity index (χ4n) is 1.69. The number of halogens is 2. The standard InChI is InChI=1S/C15H20F2N2O3/c1-3-12(4-2)19-14(20)10-21-18-9-11-5-7-13(8-6-11)22-15(16)17/h5-9,12,15H,3-4,10H2,1-2H3,(H,19,20). The summed E-state index contributed by atoms with van der Waals surface area (Å²) in [7, 11) is 0. The summed E-state index contributed by atoms with van der Waals surface area (Å²) < 4.78 is 28.2. The number of rotatable bonds is 9. The van der Waals surface area contributed by atoms with Crippen molar-refractivity contribution in [1.82, 2.24) is 5.32 Å². The Hall–Kier alpha value is -2.18. The summed E-state index contributed by atoms with van der Waals surface area (Å²) in [6.45, 7) is 0.972. The zero-order valence-electron chi connectivity index (χ0n) is 12.6. The van der Waals surface area contributed by atoms with E-state index in [4.69, 9.17) is 4.84 Å². The molecular formula is C15H20F2N2O3. The molecule has 5 nitrogen and oxygen atoms in total. The maximum absolute atomic E-state index is 12.0. The monoisotopic (exact) mass is 314 g/mol. The van der Waals surface area contributed by atoms with Gasteiger partial charge >= 0.3 is 6.61 Å². The number of carbonyl (C=O) groups excluding carboxylic acids is 1. The lowest BCUT2D eigenvalue weighted by molar-refractivity contribution is -0.126. The minimum atomic E-state index is -2.85. The highest BCUT2D eigenvalue weighted by Crippen LogP contribution is 2.13. The van der Waals surface area contributed by atoms with Crippen LogP contribution in [0.1, 0.15) is 32.3 Å². The molecule has 0 saturated heterocycles. The van der Waals surface area contributed by atoms with Gasteiger partial charge in [0.25, 0.3) is 5.91 Å². The topological polar surface area (TPSA) is 59.9 Å². The number of ether oxygens (including phenoxy) is 1. The van der Waals surface area contributed by atoms with Crippen molar-refractivity contribution in [2.24, 2.45) is 5.16 Å². The molecule has 0 spiro atoms. The number of hydrogen-bond donors (Lipinski definition) is 1. The third-order valence-corrected chi connectivity index (χ3v) is 2.93. The van der Waals surface area contributed by atoms with E-state index in [1.165, 1.54) is 18.3 Å². The summed E-state index contributed by atoms with van der Waals surface area (Å²) in [6.07, 6.45) is 3.10. The van der Waals surface area contributed by atoms with Gasteiger partial charge in [0, 0.05) is 6.04 Å². The van der Waals surface area contributed by atoms with Crippen LogP contribution in [0.2, 0.25) is 0 Å². The molecule has 0 fully saturated rings. The molecule has 1 aromatic rings. The summed E-state index contributed by atoms with van der Waals surface area (Å²) in [4.78, 5) is 16.4. The molecule has 1 N–H and O–H groups in total. The molecule has 0 atom stereocenters. The number of nitrogens with one attached hydrogen (secondary N) is 1. The maximum Gasteiger partial charge on any atom is 0.387 e. The van der Waals surface area contributed by atoms with Crippen LogP contribution in [0.25, 0.3) is 0 Å². The number of amides is 1. The van der Waals surface area contributed by atoms with E-state index >= 15 is 0 Å². The highest BCUT2D eigenvalue weighted by Gasteiger charge is 2.08. The lowest BCUT2D eigenvalue weighted by Gasteiger charge is -2.13. The van der Waals surface area contributed by atoms with Crippen LogP contribution in [0.3, 0.4) is 0 Å². The van der Waals surface area contributed by atoms with Crippen LogP contribution < -0.4 is 10.1 Å². The molecule has 7 heteroatoms. The number of hydrogen-bond acceptors (Lipinski definition) is 4. The predicted octanol–water partition coefficient (Wildman–Crippen LogP) is 2.94. The van der Waals surface area contributed by atoms with Crippen molar-refractivity contribution < 1.29 is 23.1 Å². The lowest BCUT2D eigenvalue weighted by Crippen LogP contribution is -2.36. The number of nitrogens with zero attached hydrogens (tertiary/aromatic N) is 1. The summed E-state index contributed by atoms with van der Waals surface area (Å²) in [5.41, 5.74) is 0.641. The third kappa shape index (κ3) is 7.01. The molecule has 0 aromatic heterocycles. The smallest absolute Gasteiger partial charge is 0.387 e. The summed E-state index contributed by atoms with van der Waals surface area (Å²) >= 11 is 0. The second-order valence-corrected chi connectivity index (χ2v) is 4.54. The van der Waals surface area contributed by atoms with Crippen LogP contribution in [-0.2, 0) is 9.63 Å². The van der Waals surface area contributed by atoms with Crippen LogP contribution in [0.5, 0.6) is 5.75 Å². The minimum Gasteiger partial charge on any atom is -0.435 e. The Balaban J connectivity index is 2.35. The van der Waals surface area contributed by atoms with Gasteiger partial charge in [-0.25, -0.2) is 0 Å². The number of carbonyl (C=O) groups is 1. The van der Waals surface area contributed by atoms with Crippen molar-refractivity contribution >= 4 is 12.1 Å². The number of benzene rings is 1. The molecule has 1 amide bonds. The van der Waals surface area contributed by atoms with Crippen LogP contribution in [-0.4, -0.2) is 31.4 Å². The Kier molecular flexibility index (Phi) is 7.88. The fourth-order valence-corrected chi connectivity index (χ4v) is 1.69. The second kappa shape index (κ2) is 9.70. The first-order valence-electron chi connectivity index (χ1n) is 7.04. The first-order valence-corrected chi connectivity index (χ1v) is 7.04. The molecule has 0 radical (unpaired) electrons. The molecule has 22 heavy (non-hydrogen) atoms. The van der Waals surface area contributed by atoms with Crippen molar-refractivity contribution in [3.05, 3.63) is 29.8 Å². The van der Waals surface area contributed by atoms with Gasteiger partial charge in [-0.15, -0.1) is 0 Å². The van der Waals surface area contributed by atoms with E-state index in [1.807, 2.05) is 13.8 Å². The third-order valence-electron chi connectivity index (χ3n) is 2.93. The van der Waals surface area contributed by atoms with Gasteiger partial charge in [0.05, 0.1) is 6.21 Å². The summed E-state index contributed by atoms with van der Waals surface area (Å²) in [5.74, 6) is -0.163.